The molecule has 0 aromatic heterocycles. The van der Waals surface area contributed by atoms with Crippen LogP contribution in [-0.2, 0) is 16.0 Å². The lowest BCUT2D eigenvalue weighted by Crippen LogP contribution is -2.24. The Morgan fingerprint density at radius 3 is 2.46 bits per heavy atom. The number of nitrogens with one attached hydrogen (secondary N) is 1. The summed E-state index contributed by atoms with van der Waals surface area (Å²) in [5, 5.41) is 13.0. The van der Waals surface area contributed by atoms with Crippen LogP contribution in [0.15, 0.2) is 47.6 Å². The third-order valence-electron chi connectivity index (χ3n) is 3.79. The number of para-hydroxylation sites is 1. The number of ether oxygens (including phenoxy) is 3. The van der Waals surface area contributed by atoms with Crippen molar-refractivity contribution >= 4 is 18.1 Å². The molecule has 1 atom stereocenters. The number of carboxylic acid groups (broad SMARTS) is 1. The van der Waals surface area contributed by atoms with Crippen LogP contribution in [-0.4, -0.2) is 43.5 Å². The van der Waals surface area contributed by atoms with Gasteiger partial charge in [-0.15, -0.1) is 0 Å². The second-order valence-electron chi connectivity index (χ2n) is 5.79. The van der Waals surface area contributed by atoms with E-state index < -0.39 is 12.1 Å². The summed E-state index contributed by atoms with van der Waals surface area (Å²) in [5.74, 6) is -0.106. The molecule has 0 saturated carbocycles. The molecule has 2 rings (SSSR count). The molecule has 2 N–H and O–H groups in total. The van der Waals surface area contributed by atoms with E-state index in [9.17, 15) is 9.59 Å². The first-order valence-corrected chi connectivity index (χ1v) is 8.46. The van der Waals surface area contributed by atoms with Crippen LogP contribution in [0.1, 0.15) is 18.1 Å². The summed E-state index contributed by atoms with van der Waals surface area (Å²) in [6.45, 7) is 1.41. The highest BCUT2D eigenvalue weighted by molar-refractivity contribution is 5.87. The standard InChI is InChI=1S/C20H22N2O6/c1-13(20(24)25)28-19-15(5-4-6-17(19)27-3)12-21-22-18(23)11-14-7-9-16(26-2)10-8-14/h4-10,12-13H,11H2,1-3H3,(H,22,23)(H,24,25)/b21-12+/t13-/m0/s1. The Hall–Kier alpha value is -3.55. The predicted molar refractivity (Wildman–Crippen MR) is 103 cm³/mol. The van der Waals surface area contributed by atoms with Gasteiger partial charge in [0.25, 0.3) is 0 Å². The van der Waals surface area contributed by atoms with E-state index in [4.69, 9.17) is 19.3 Å². The van der Waals surface area contributed by atoms with Gasteiger partial charge >= 0.3 is 5.97 Å². The van der Waals surface area contributed by atoms with Crippen molar-refractivity contribution in [3.63, 3.8) is 0 Å². The Morgan fingerprint density at radius 2 is 1.86 bits per heavy atom. The second-order valence-corrected chi connectivity index (χ2v) is 5.79. The van der Waals surface area contributed by atoms with Crippen molar-refractivity contribution in [2.45, 2.75) is 19.4 Å². The summed E-state index contributed by atoms with van der Waals surface area (Å²) in [4.78, 5) is 23.1. The number of carbonyl (C=O) groups is 2. The Labute approximate surface area is 162 Å². The third-order valence-corrected chi connectivity index (χ3v) is 3.79. The van der Waals surface area contributed by atoms with Crippen molar-refractivity contribution in [3.8, 4) is 17.2 Å². The van der Waals surface area contributed by atoms with Gasteiger partial charge in [0.05, 0.1) is 26.9 Å². The summed E-state index contributed by atoms with van der Waals surface area (Å²) in [5.41, 5.74) is 3.72. The quantitative estimate of drug-likeness (QED) is 0.506. The molecule has 0 aliphatic rings. The minimum absolute atomic E-state index is 0.152. The number of amides is 1. The van der Waals surface area contributed by atoms with Crippen LogP contribution in [0.25, 0.3) is 0 Å². The van der Waals surface area contributed by atoms with E-state index in [-0.39, 0.29) is 18.1 Å². The zero-order chi connectivity index (χ0) is 20.5. The molecule has 0 aliphatic carbocycles. The Bertz CT molecular complexity index is 848. The number of hydrazone groups is 1. The normalized spacial score (nSPS) is 11.7. The number of carbonyl (C=O) groups excluding carboxylic acids is 1. The van der Waals surface area contributed by atoms with Crippen LogP contribution in [0, 0.1) is 0 Å². The highest BCUT2D eigenvalue weighted by Crippen LogP contribution is 2.31. The number of aliphatic carboxylic acids is 1. The molecule has 2 aromatic rings. The van der Waals surface area contributed by atoms with Crippen LogP contribution in [0.4, 0.5) is 0 Å². The Balaban J connectivity index is 2.06. The highest BCUT2D eigenvalue weighted by Gasteiger charge is 2.18. The fraction of sp³-hybridized carbons (Fsp3) is 0.250. The fourth-order valence-electron chi connectivity index (χ4n) is 2.29. The molecule has 8 nitrogen and oxygen atoms in total. The van der Waals surface area contributed by atoms with E-state index in [2.05, 4.69) is 10.5 Å². The zero-order valence-electron chi connectivity index (χ0n) is 15.8. The molecular weight excluding hydrogens is 364 g/mol. The molecule has 0 aliphatic heterocycles. The van der Waals surface area contributed by atoms with Gasteiger partial charge in [-0.25, -0.2) is 10.2 Å². The first kappa shape index (κ1) is 20.8. The predicted octanol–water partition coefficient (Wildman–Crippen LogP) is 2.25. The average molecular weight is 386 g/mol. The molecule has 2 aromatic carbocycles. The molecule has 0 heterocycles. The van der Waals surface area contributed by atoms with Gasteiger partial charge < -0.3 is 19.3 Å². The lowest BCUT2D eigenvalue weighted by atomic mass is 10.1. The van der Waals surface area contributed by atoms with Gasteiger partial charge in [-0.05, 0) is 36.8 Å². The molecule has 28 heavy (non-hydrogen) atoms. The Morgan fingerprint density at radius 1 is 1.14 bits per heavy atom. The van der Waals surface area contributed by atoms with Crippen LogP contribution < -0.4 is 19.6 Å². The van der Waals surface area contributed by atoms with E-state index in [1.54, 1.807) is 49.6 Å². The molecule has 148 valence electrons. The van der Waals surface area contributed by atoms with Gasteiger partial charge in [-0.2, -0.15) is 5.10 Å². The van der Waals surface area contributed by atoms with E-state index in [1.807, 2.05) is 0 Å². The van der Waals surface area contributed by atoms with E-state index in [0.29, 0.717) is 17.1 Å². The van der Waals surface area contributed by atoms with Gasteiger partial charge in [0.2, 0.25) is 5.91 Å². The molecule has 0 saturated heterocycles. The van der Waals surface area contributed by atoms with Crippen LogP contribution >= 0.6 is 0 Å². The lowest BCUT2D eigenvalue weighted by Gasteiger charge is -2.15. The fourth-order valence-corrected chi connectivity index (χ4v) is 2.29. The van der Waals surface area contributed by atoms with E-state index in [0.717, 1.165) is 5.56 Å². The third kappa shape index (κ3) is 5.73. The summed E-state index contributed by atoms with van der Waals surface area (Å²) < 4.78 is 15.8. The first-order valence-electron chi connectivity index (χ1n) is 8.46. The SMILES string of the molecule is COc1ccc(CC(=O)N/N=C/c2cccc(OC)c2O[C@@H](C)C(=O)O)cc1. The molecule has 0 unspecified atom stereocenters. The number of carboxylic acids is 1. The van der Waals surface area contributed by atoms with Crippen molar-refractivity contribution < 1.29 is 28.9 Å². The molecular formula is C20H22N2O6. The maximum atomic E-state index is 12.0. The zero-order valence-corrected chi connectivity index (χ0v) is 15.8. The number of hydrogen-bond donors (Lipinski definition) is 2. The molecule has 0 spiro atoms. The largest absolute Gasteiger partial charge is 0.497 e. The maximum absolute atomic E-state index is 12.0. The number of benzene rings is 2. The molecule has 0 bridgehead atoms. The number of nitrogens with zero attached hydrogens (tertiary/aromatic N) is 1. The van der Waals surface area contributed by atoms with Crippen molar-refractivity contribution in [3.05, 3.63) is 53.6 Å². The minimum atomic E-state index is -1.11. The smallest absolute Gasteiger partial charge is 0.344 e. The van der Waals surface area contributed by atoms with Gasteiger partial charge in [0.15, 0.2) is 17.6 Å². The molecule has 0 radical (unpaired) electrons. The summed E-state index contributed by atoms with van der Waals surface area (Å²) >= 11 is 0. The summed E-state index contributed by atoms with van der Waals surface area (Å²) in [7, 11) is 3.02. The number of rotatable bonds is 9. The van der Waals surface area contributed by atoms with Crippen LogP contribution in [0.3, 0.4) is 0 Å². The summed E-state index contributed by atoms with van der Waals surface area (Å²) in [6.07, 6.45) is 0.449. The van der Waals surface area contributed by atoms with Gasteiger partial charge in [0, 0.05) is 5.56 Å². The lowest BCUT2D eigenvalue weighted by molar-refractivity contribution is -0.144. The van der Waals surface area contributed by atoms with Crippen molar-refractivity contribution in [2.75, 3.05) is 14.2 Å². The molecule has 0 fully saturated rings. The number of hydrogen-bond acceptors (Lipinski definition) is 6. The molecule has 8 heteroatoms. The Kier molecular flexibility index (Phi) is 7.38. The van der Waals surface area contributed by atoms with Crippen LogP contribution in [0.2, 0.25) is 0 Å². The van der Waals surface area contributed by atoms with Gasteiger partial charge in [-0.3, -0.25) is 4.79 Å². The maximum Gasteiger partial charge on any atom is 0.344 e. The average Bonchev–Trinajstić information content (AvgIpc) is 2.69. The van der Waals surface area contributed by atoms with Crippen molar-refractivity contribution in [1.29, 1.82) is 0 Å². The minimum Gasteiger partial charge on any atom is -0.497 e. The summed E-state index contributed by atoms with van der Waals surface area (Å²) in [6, 6.07) is 12.2. The van der Waals surface area contributed by atoms with Crippen LogP contribution in [0.5, 0.6) is 17.2 Å². The van der Waals surface area contributed by atoms with Gasteiger partial charge in [-0.1, -0.05) is 18.2 Å². The monoisotopic (exact) mass is 386 g/mol. The van der Waals surface area contributed by atoms with E-state index >= 15 is 0 Å². The van der Waals surface area contributed by atoms with Crippen molar-refractivity contribution in [1.82, 2.24) is 5.43 Å². The highest BCUT2D eigenvalue weighted by atomic mass is 16.5. The second kappa shape index (κ2) is 9.96. The molecule has 1 amide bonds. The van der Waals surface area contributed by atoms with Crippen molar-refractivity contribution in [2.24, 2.45) is 5.10 Å². The number of methoxy groups -OCH3 is 2. The topological polar surface area (TPSA) is 106 Å². The first-order chi connectivity index (χ1) is 13.4. The van der Waals surface area contributed by atoms with E-state index in [1.165, 1.54) is 20.2 Å². The van der Waals surface area contributed by atoms with Gasteiger partial charge in [0.1, 0.15) is 5.75 Å².